The molecule has 200 valence electrons. The SMILES string of the molecule is CCCCC(=O)Nc1ccc(SC(C(=O)Nc2cccc3c2C(=O)c2ccccc2C3=O)c2ccccc2)cc1. The number of anilines is 2. The lowest BCUT2D eigenvalue weighted by Crippen LogP contribution is -2.25. The number of benzene rings is 4. The fourth-order valence-electron chi connectivity index (χ4n) is 4.66. The van der Waals surface area contributed by atoms with E-state index in [0.29, 0.717) is 28.9 Å². The normalized spacial score (nSPS) is 12.7. The zero-order valence-electron chi connectivity index (χ0n) is 22.0. The third-order valence-corrected chi connectivity index (χ3v) is 7.97. The molecule has 2 amide bonds. The molecule has 0 saturated heterocycles. The number of ketones is 2. The predicted octanol–water partition coefficient (Wildman–Crippen LogP) is 7.06. The minimum atomic E-state index is -0.635. The largest absolute Gasteiger partial charge is 0.326 e. The zero-order chi connectivity index (χ0) is 28.1. The van der Waals surface area contributed by atoms with E-state index in [1.165, 1.54) is 11.8 Å². The van der Waals surface area contributed by atoms with Crippen molar-refractivity contribution in [2.24, 2.45) is 0 Å². The number of amides is 2. The first-order valence-corrected chi connectivity index (χ1v) is 14.1. The molecule has 5 rings (SSSR count). The highest BCUT2D eigenvalue weighted by Gasteiger charge is 2.32. The van der Waals surface area contributed by atoms with Gasteiger partial charge in [-0.1, -0.05) is 80.1 Å². The van der Waals surface area contributed by atoms with Gasteiger partial charge in [0.05, 0.1) is 11.3 Å². The van der Waals surface area contributed by atoms with E-state index in [9.17, 15) is 19.2 Å². The van der Waals surface area contributed by atoms with E-state index >= 15 is 0 Å². The summed E-state index contributed by atoms with van der Waals surface area (Å²) in [6, 6.07) is 28.4. The maximum Gasteiger partial charge on any atom is 0.242 e. The molecule has 0 bridgehead atoms. The Hall–Kier alpha value is -4.49. The van der Waals surface area contributed by atoms with E-state index in [1.54, 1.807) is 42.5 Å². The van der Waals surface area contributed by atoms with Gasteiger partial charge in [-0.15, -0.1) is 11.8 Å². The van der Waals surface area contributed by atoms with Gasteiger partial charge in [0.1, 0.15) is 5.25 Å². The highest BCUT2D eigenvalue weighted by atomic mass is 32.2. The van der Waals surface area contributed by atoms with Crippen LogP contribution in [-0.4, -0.2) is 23.4 Å². The molecule has 0 aromatic heterocycles. The van der Waals surface area contributed by atoms with Crippen LogP contribution in [-0.2, 0) is 9.59 Å². The van der Waals surface area contributed by atoms with Crippen molar-refractivity contribution in [3.63, 3.8) is 0 Å². The molecule has 1 unspecified atom stereocenters. The fraction of sp³-hybridized carbons (Fsp3) is 0.152. The Morgan fingerprint density at radius 2 is 1.38 bits per heavy atom. The van der Waals surface area contributed by atoms with Crippen molar-refractivity contribution in [2.45, 2.75) is 36.3 Å². The summed E-state index contributed by atoms with van der Waals surface area (Å²) in [7, 11) is 0. The maximum absolute atomic E-state index is 13.8. The van der Waals surface area contributed by atoms with Gasteiger partial charge < -0.3 is 10.6 Å². The molecule has 0 spiro atoms. The number of carbonyl (C=O) groups excluding carboxylic acids is 4. The van der Waals surface area contributed by atoms with Crippen LogP contribution in [0.4, 0.5) is 11.4 Å². The predicted molar refractivity (Wildman–Crippen MR) is 158 cm³/mol. The van der Waals surface area contributed by atoms with Gasteiger partial charge in [-0.2, -0.15) is 0 Å². The average Bonchev–Trinajstić information content (AvgIpc) is 2.98. The highest BCUT2D eigenvalue weighted by Crippen LogP contribution is 2.38. The summed E-state index contributed by atoms with van der Waals surface area (Å²) in [6.45, 7) is 2.04. The Labute approximate surface area is 237 Å². The molecule has 1 aliphatic rings. The number of hydrogen-bond donors (Lipinski definition) is 2. The second-order valence-corrected chi connectivity index (χ2v) is 10.7. The number of hydrogen-bond acceptors (Lipinski definition) is 5. The maximum atomic E-state index is 13.8. The first kappa shape index (κ1) is 27.1. The first-order chi connectivity index (χ1) is 19.5. The quantitative estimate of drug-likeness (QED) is 0.192. The van der Waals surface area contributed by atoms with Crippen molar-refractivity contribution in [1.29, 1.82) is 0 Å². The van der Waals surface area contributed by atoms with Gasteiger partial charge in [-0.3, -0.25) is 19.2 Å². The molecule has 1 aliphatic carbocycles. The van der Waals surface area contributed by atoms with Gasteiger partial charge in [0.25, 0.3) is 0 Å². The Kier molecular flexibility index (Phi) is 8.22. The summed E-state index contributed by atoms with van der Waals surface area (Å²) in [5.74, 6) is -0.870. The molecular formula is C33H28N2O4S. The molecule has 40 heavy (non-hydrogen) atoms. The van der Waals surface area contributed by atoms with Crippen LogP contribution in [0.25, 0.3) is 0 Å². The molecule has 4 aromatic rings. The Morgan fingerprint density at radius 3 is 2.08 bits per heavy atom. The van der Waals surface area contributed by atoms with Crippen LogP contribution < -0.4 is 10.6 Å². The van der Waals surface area contributed by atoms with Gasteiger partial charge in [-0.05, 0) is 42.3 Å². The number of rotatable bonds is 9. The topological polar surface area (TPSA) is 92.3 Å². The summed E-state index contributed by atoms with van der Waals surface area (Å²) in [5, 5.41) is 5.20. The molecule has 0 radical (unpaired) electrons. The summed E-state index contributed by atoms with van der Waals surface area (Å²) in [6.07, 6.45) is 2.27. The van der Waals surface area contributed by atoms with Gasteiger partial charge in [0, 0.05) is 33.7 Å². The number of carbonyl (C=O) groups is 4. The monoisotopic (exact) mass is 548 g/mol. The number of unbranched alkanes of at least 4 members (excludes halogenated alkanes) is 1. The molecule has 0 fully saturated rings. The zero-order valence-corrected chi connectivity index (χ0v) is 22.8. The van der Waals surface area contributed by atoms with Crippen LogP contribution >= 0.6 is 11.8 Å². The Morgan fingerprint density at radius 1 is 0.725 bits per heavy atom. The second kappa shape index (κ2) is 12.1. The third kappa shape index (κ3) is 5.75. The number of nitrogens with one attached hydrogen (secondary N) is 2. The number of thioether (sulfide) groups is 1. The van der Waals surface area contributed by atoms with Crippen LogP contribution in [0.5, 0.6) is 0 Å². The van der Waals surface area contributed by atoms with Gasteiger partial charge in [0.2, 0.25) is 11.8 Å². The second-order valence-electron chi connectivity index (χ2n) is 9.51. The first-order valence-electron chi connectivity index (χ1n) is 13.2. The molecule has 6 nitrogen and oxygen atoms in total. The molecule has 0 heterocycles. The molecule has 0 saturated carbocycles. The summed E-state index contributed by atoms with van der Waals surface area (Å²) in [5.41, 5.74) is 2.98. The van der Waals surface area contributed by atoms with Gasteiger partial charge in [-0.25, -0.2) is 0 Å². The summed E-state index contributed by atoms with van der Waals surface area (Å²) in [4.78, 5) is 53.2. The van der Waals surface area contributed by atoms with E-state index in [4.69, 9.17) is 0 Å². The van der Waals surface area contributed by atoms with Crippen molar-refractivity contribution < 1.29 is 19.2 Å². The average molecular weight is 549 g/mol. The van der Waals surface area contributed by atoms with E-state index in [0.717, 1.165) is 23.3 Å². The Bertz CT molecular complexity index is 1580. The number of fused-ring (bicyclic) bond motifs is 2. The molecule has 7 heteroatoms. The highest BCUT2D eigenvalue weighted by molar-refractivity contribution is 8.00. The standard InChI is InChI=1S/C33H28N2O4S/c1-2-3-16-28(36)34-22-17-19-23(20-18-22)40-32(21-10-5-4-6-11-21)33(39)35-27-15-9-14-26-29(27)31(38)25-13-8-7-12-24(25)30(26)37/h4-15,17-20,32H,2-3,16H2,1H3,(H,34,36)(H,35,39). The minimum absolute atomic E-state index is 0.0226. The van der Waals surface area contributed by atoms with Gasteiger partial charge >= 0.3 is 0 Å². The lowest BCUT2D eigenvalue weighted by molar-refractivity contribution is -0.116. The van der Waals surface area contributed by atoms with Gasteiger partial charge in [0.15, 0.2) is 11.6 Å². The van der Waals surface area contributed by atoms with Crippen molar-refractivity contribution in [1.82, 2.24) is 0 Å². The van der Waals surface area contributed by atoms with Crippen molar-refractivity contribution in [3.8, 4) is 0 Å². The lowest BCUT2D eigenvalue weighted by atomic mass is 9.83. The van der Waals surface area contributed by atoms with Crippen LogP contribution in [0, 0.1) is 0 Å². The third-order valence-electron chi connectivity index (χ3n) is 6.70. The van der Waals surface area contributed by atoms with Crippen LogP contribution in [0.3, 0.4) is 0 Å². The van der Waals surface area contributed by atoms with E-state index in [2.05, 4.69) is 10.6 Å². The fourth-order valence-corrected chi connectivity index (χ4v) is 5.69. The summed E-state index contributed by atoms with van der Waals surface area (Å²) >= 11 is 1.36. The Balaban J connectivity index is 1.40. The van der Waals surface area contributed by atoms with Crippen LogP contribution in [0.15, 0.2) is 102 Å². The molecule has 1 atom stereocenters. The smallest absolute Gasteiger partial charge is 0.242 e. The van der Waals surface area contributed by atoms with E-state index in [1.807, 2.05) is 61.5 Å². The van der Waals surface area contributed by atoms with E-state index < -0.39 is 5.25 Å². The minimum Gasteiger partial charge on any atom is -0.326 e. The van der Waals surface area contributed by atoms with Crippen LogP contribution in [0.1, 0.15) is 68.8 Å². The van der Waals surface area contributed by atoms with E-state index in [-0.39, 0.29) is 34.5 Å². The van der Waals surface area contributed by atoms with Crippen molar-refractivity contribution in [2.75, 3.05) is 10.6 Å². The van der Waals surface area contributed by atoms with Crippen LogP contribution in [0.2, 0.25) is 0 Å². The molecular weight excluding hydrogens is 520 g/mol. The lowest BCUT2D eigenvalue weighted by Gasteiger charge is -2.22. The molecule has 0 aliphatic heterocycles. The van der Waals surface area contributed by atoms with Crippen molar-refractivity contribution in [3.05, 3.63) is 125 Å². The van der Waals surface area contributed by atoms with Crippen molar-refractivity contribution >= 4 is 46.5 Å². The molecule has 2 N–H and O–H groups in total. The summed E-state index contributed by atoms with van der Waals surface area (Å²) < 4.78 is 0. The molecule has 4 aromatic carbocycles.